The molecule has 0 saturated heterocycles. The maximum absolute atomic E-state index is 11.2. The van der Waals surface area contributed by atoms with Crippen LogP contribution in [0.3, 0.4) is 0 Å². The van der Waals surface area contributed by atoms with Crippen molar-refractivity contribution in [2.75, 3.05) is 5.75 Å². The first-order valence-corrected chi connectivity index (χ1v) is 7.54. The van der Waals surface area contributed by atoms with Crippen molar-refractivity contribution in [1.82, 2.24) is 0 Å². The Morgan fingerprint density at radius 3 is 2.58 bits per heavy atom. The van der Waals surface area contributed by atoms with Gasteiger partial charge in [0.15, 0.2) is 5.78 Å². The minimum absolute atomic E-state index is 0.129. The van der Waals surface area contributed by atoms with Gasteiger partial charge >= 0.3 is 0 Å². The third kappa shape index (κ3) is 2.59. The summed E-state index contributed by atoms with van der Waals surface area (Å²) in [6.07, 6.45) is 1.20. The summed E-state index contributed by atoms with van der Waals surface area (Å²) in [6, 6.07) is 16.6. The van der Waals surface area contributed by atoms with Gasteiger partial charge in [-0.15, -0.1) is 11.8 Å². The second-order valence-corrected chi connectivity index (χ2v) is 6.08. The van der Waals surface area contributed by atoms with E-state index in [0.29, 0.717) is 5.92 Å². The number of ketones is 1. The first-order chi connectivity index (χ1) is 9.24. The van der Waals surface area contributed by atoms with E-state index in [4.69, 9.17) is 0 Å². The van der Waals surface area contributed by atoms with Crippen LogP contribution in [-0.4, -0.2) is 11.5 Å². The quantitative estimate of drug-likeness (QED) is 0.606. The van der Waals surface area contributed by atoms with Gasteiger partial charge in [0.05, 0.1) is 0 Å². The summed E-state index contributed by atoms with van der Waals surface area (Å²) >= 11 is 1.88. The first kappa shape index (κ1) is 12.5. The Morgan fingerprint density at radius 2 is 1.89 bits per heavy atom. The van der Waals surface area contributed by atoms with Crippen LogP contribution in [0.2, 0.25) is 0 Å². The highest BCUT2D eigenvalue weighted by atomic mass is 32.2. The highest BCUT2D eigenvalue weighted by Gasteiger charge is 2.24. The third-order valence-corrected chi connectivity index (χ3v) is 4.85. The second kappa shape index (κ2) is 5.22. The Balaban J connectivity index is 1.60. The van der Waals surface area contributed by atoms with Gasteiger partial charge in [0.25, 0.3) is 0 Å². The summed E-state index contributed by atoms with van der Waals surface area (Å²) in [6.45, 7) is 1.60. The summed E-state index contributed by atoms with van der Waals surface area (Å²) < 4.78 is 0. The molecule has 0 aromatic heterocycles. The van der Waals surface area contributed by atoms with E-state index in [9.17, 15) is 4.79 Å². The molecule has 0 bridgehead atoms. The molecule has 0 amide bonds. The number of carbonyl (C=O) groups excluding carboxylic acids is 1. The van der Waals surface area contributed by atoms with E-state index >= 15 is 0 Å². The lowest BCUT2D eigenvalue weighted by molar-refractivity contribution is 0.101. The summed E-state index contributed by atoms with van der Waals surface area (Å²) in [5.41, 5.74) is 3.80. The molecule has 2 aromatic carbocycles. The molecule has 2 aromatic rings. The lowest BCUT2D eigenvalue weighted by Crippen LogP contribution is -2.18. The highest BCUT2D eigenvalue weighted by molar-refractivity contribution is 7.99. The monoisotopic (exact) mass is 268 g/mol. The van der Waals surface area contributed by atoms with Crippen LogP contribution in [0.25, 0.3) is 0 Å². The normalized spacial score (nSPS) is 16.6. The van der Waals surface area contributed by atoms with Crippen molar-refractivity contribution in [1.29, 1.82) is 0 Å². The van der Waals surface area contributed by atoms with Crippen molar-refractivity contribution in [2.24, 2.45) is 0 Å². The Hall–Kier alpha value is -1.54. The SMILES string of the molecule is CC(=O)c1ccc(SCC2Cc3ccccc32)cc1. The lowest BCUT2D eigenvalue weighted by atomic mass is 9.79. The van der Waals surface area contributed by atoms with Gasteiger partial charge in [-0.2, -0.15) is 0 Å². The van der Waals surface area contributed by atoms with Crippen LogP contribution in [0.1, 0.15) is 34.3 Å². The van der Waals surface area contributed by atoms with Crippen LogP contribution in [0.5, 0.6) is 0 Å². The van der Waals surface area contributed by atoms with Gasteiger partial charge < -0.3 is 0 Å². The fourth-order valence-electron chi connectivity index (χ4n) is 2.49. The average Bonchev–Trinajstić information content (AvgIpc) is 2.40. The predicted molar refractivity (Wildman–Crippen MR) is 80.1 cm³/mol. The van der Waals surface area contributed by atoms with Crippen LogP contribution in [0, 0.1) is 0 Å². The summed E-state index contributed by atoms with van der Waals surface area (Å²) in [7, 11) is 0. The number of rotatable bonds is 4. The first-order valence-electron chi connectivity index (χ1n) is 6.55. The Bertz CT molecular complexity index is 601. The zero-order valence-electron chi connectivity index (χ0n) is 10.9. The van der Waals surface area contributed by atoms with Gasteiger partial charge in [-0.3, -0.25) is 4.79 Å². The molecule has 0 saturated carbocycles. The van der Waals surface area contributed by atoms with E-state index in [1.54, 1.807) is 6.92 Å². The van der Waals surface area contributed by atoms with Crippen molar-refractivity contribution >= 4 is 17.5 Å². The Labute approximate surface area is 118 Å². The molecule has 96 valence electrons. The molecule has 0 radical (unpaired) electrons. The molecule has 1 aliphatic carbocycles. The molecular weight excluding hydrogens is 252 g/mol. The molecule has 0 spiro atoms. The minimum atomic E-state index is 0.129. The standard InChI is InChI=1S/C17H16OS/c1-12(18)13-6-8-16(9-7-13)19-11-15-10-14-4-2-3-5-17(14)15/h2-9,15H,10-11H2,1H3. The molecule has 2 heteroatoms. The fourth-order valence-corrected chi connectivity index (χ4v) is 3.51. The number of fused-ring (bicyclic) bond motifs is 1. The topological polar surface area (TPSA) is 17.1 Å². The molecule has 1 nitrogen and oxygen atoms in total. The molecular formula is C17H16OS. The van der Waals surface area contributed by atoms with Crippen molar-refractivity contribution in [3.05, 3.63) is 65.2 Å². The molecule has 0 N–H and O–H groups in total. The van der Waals surface area contributed by atoms with Gasteiger partial charge in [-0.25, -0.2) is 0 Å². The van der Waals surface area contributed by atoms with Crippen LogP contribution in [0.4, 0.5) is 0 Å². The van der Waals surface area contributed by atoms with E-state index in [1.165, 1.54) is 22.4 Å². The number of hydrogen-bond donors (Lipinski definition) is 0. The lowest BCUT2D eigenvalue weighted by Gasteiger charge is -2.29. The molecule has 1 aliphatic rings. The minimum Gasteiger partial charge on any atom is -0.295 e. The molecule has 0 heterocycles. The van der Waals surface area contributed by atoms with Gasteiger partial charge in [0.1, 0.15) is 0 Å². The molecule has 19 heavy (non-hydrogen) atoms. The largest absolute Gasteiger partial charge is 0.295 e. The van der Waals surface area contributed by atoms with Gasteiger partial charge in [-0.1, -0.05) is 36.4 Å². The highest BCUT2D eigenvalue weighted by Crippen LogP contribution is 2.38. The Kier molecular flexibility index (Phi) is 3.43. The van der Waals surface area contributed by atoms with E-state index in [-0.39, 0.29) is 5.78 Å². The van der Waals surface area contributed by atoms with Gasteiger partial charge in [0.2, 0.25) is 0 Å². The van der Waals surface area contributed by atoms with Crippen LogP contribution in [-0.2, 0) is 6.42 Å². The smallest absolute Gasteiger partial charge is 0.159 e. The zero-order valence-corrected chi connectivity index (χ0v) is 11.7. The molecule has 1 unspecified atom stereocenters. The van der Waals surface area contributed by atoms with Gasteiger partial charge in [-0.05, 0) is 42.5 Å². The average molecular weight is 268 g/mol. The summed E-state index contributed by atoms with van der Waals surface area (Å²) in [4.78, 5) is 12.5. The maximum atomic E-state index is 11.2. The van der Waals surface area contributed by atoms with E-state index in [1.807, 2.05) is 36.0 Å². The van der Waals surface area contributed by atoms with Crippen LogP contribution >= 0.6 is 11.8 Å². The molecule has 0 aliphatic heterocycles. The third-order valence-electron chi connectivity index (χ3n) is 3.67. The van der Waals surface area contributed by atoms with Crippen molar-refractivity contribution in [3.63, 3.8) is 0 Å². The van der Waals surface area contributed by atoms with Crippen molar-refractivity contribution < 1.29 is 4.79 Å². The summed E-state index contributed by atoms with van der Waals surface area (Å²) in [5.74, 6) is 1.94. The van der Waals surface area contributed by atoms with E-state index in [0.717, 1.165) is 11.3 Å². The maximum Gasteiger partial charge on any atom is 0.159 e. The predicted octanol–water partition coefficient (Wildman–Crippen LogP) is 4.32. The van der Waals surface area contributed by atoms with Crippen molar-refractivity contribution in [3.8, 4) is 0 Å². The van der Waals surface area contributed by atoms with Crippen LogP contribution in [0.15, 0.2) is 53.4 Å². The number of hydrogen-bond acceptors (Lipinski definition) is 2. The molecule has 3 rings (SSSR count). The second-order valence-electron chi connectivity index (χ2n) is 4.99. The van der Waals surface area contributed by atoms with E-state index in [2.05, 4.69) is 24.3 Å². The number of benzene rings is 2. The van der Waals surface area contributed by atoms with Crippen molar-refractivity contribution in [2.45, 2.75) is 24.2 Å². The zero-order chi connectivity index (χ0) is 13.2. The van der Waals surface area contributed by atoms with E-state index < -0.39 is 0 Å². The Morgan fingerprint density at radius 1 is 1.16 bits per heavy atom. The molecule has 1 atom stereocenters. The number of Topliss-reactive ketones (excluding diaryl/α,β-unsaturated/α-hetero) is 1. The fraction of sp³-hybridized carbons (Fsp3) is 0.235. The number of thioether (sulfide) groups is 1. The number of carbonyl (C=O) groups is 1. The molecule has 0 fully saturated rings. The summed E-state index contributed by atoms with van der Waals surface area (Å²) in [5, 5.41) is 0. The van der Waals surface area contributed by atoms with Gasteiger partial charge in [0, 0.05) is 16.2 Å². The van der Waals surface area contributed by atoms with Crippen LogP contribution < -0.4 is 0 Å².